The van der Waals surface area contributed by atoms with E-state index in [4.69, 9.17) is 9.15 Å². The number of nitrogens with one attached hydrogen (secondary N) is 1. The number of aryl methyl sites for hydroxylation is 2. The molecule has 0 radical (unpaired) electrons. The SMILES string of the molecule is Cc1cccc(OCC(=O)NCCc2coc(C)n2)c1. The lowest BCUT2D eigenvalue weighted by Crippen LogP contribution is -2.30. The second-order valence-electron chi connectivity index (χ2n) is 4.56. The lowest BCUT2D eigenvalue weighted by molar-refractivity contribution is -0.123. The van der Waals surface area contributed by atoms with Gasteiger partial charge in [0, 0.05) is 19.9 Å². The van der Waals surface area contributed by atoms with E-state index < -0.39 is 0 Å². The summed E-state index contributed by atoms with van der Waals surface area (Å²) in [5, 5.41) is 2.78. The highest BCUT2D eigenvalue weighted by atomic mass is 16.5. The van der Waals surface area contributed by atoms with E-state index in [0.717, 1.165) is 11.3 Å². The molecule has 0 aliphatic heterocycles. The molecular formula is C15H18N2O3. The van der Waals surface area contributed by atoms with Crippen LogP contribution in [0.1, 0.15) is 17.1 Å². The van der Waals surface area contributed by atoms with E-state index in [1.807, 2.05) is 31.2 Å². The van der Waals surface area contributed by atoms with Gasteiger partial charge in [0.05, 0.1) is 5.69 Å². The van der Waals surface area contributed by atoms with Crippen LogP contribution in [0.5, 0.6) is 5.75 Å². The molecule has 0 aliphatic carbocycles. The molecule has 0 spiro atoms. The summed E-state index contributed by atoms with van der Waals surface area (Å²) < 4.78 is 10.5. The zero-order valence-corrected chi connectivity index (χ0v) is 11.7. The van der Waals surface area contributed by atoms with Gasteiger partial charge >= 0.3 is 0 Å². The summed E-state index contributed by atoms with van der Waals surface area (Å²) in [5.41, 5.74) is 1.94. The maximum absolute atomic E-state index is 11.6. The number of amides is 1. The molecule has 0 saturated heterocycles. The molecule has 1 amide bonds. The first kappa shape index (κ1) is 14.1. The van der Waals surface area contributed by atoms with E-state index >= 15 is 0 Å². The first-order chi connectivity index (χ1) is 9.63. The number of rotatable bonds is 6. The predicted octanol–water partition coefficient (Wildman–Crippen LogP) is 2.03. The van der Waals surface area contributed by atoms with E-state index in [1.54, 1.807) is 13.2 Å². The third kappa shape index (κ3) is 4.42. The molecule has 0 unspecified atom stereocenters. The first-order valence-electron chi connectivity index (χ1n) is 6.50. The summed E-state index contributed by atoms with van der Waals surface area (Å²) in [6.07, 6.45) is 2.25. The predicted molar refractivity (Wildman–Crippen MR) is 74.6 cm³/mol. The van der Waals surface area contributed by atoms with Crippen molar-refractivity contribution in [2.75, 3.05) is 13.2 Å². The maximum atomic E-state index is 11.6. The van der Waals surface area contributed by atoms with Crippen LogP contribution in [0.4, 0.5) is 0 Å². The van der Waals surface area contributed by atoms with Gasteiger partial charge in [-0.2, -0.15) is 0 Å². The van der Waals surface area contributed by atoms with E-state index in [-0.39, 0.29) is 12.5 Å². The number of hydrogen-bond donors (Lipinski definition) is 1. The molecule has 0 aliphatic rings. The van der Waals surface area contributed by atoms with Gasteiger partial charge in [-0.25, -0.2) is 4.98 Å². The summed E-state index contributed by atoms with van der Waals surface area (Å²) in [6, 6.07) is 7.60. The second-order valence-corrected chi connectivity index (χ2v) is 4.56. The largest absolute Gasteiger partial charge is 0.484 e. The Kier molecular flexibility index (Phi) is 4.76. The Bertz CT molecular complexity index is 578. The number of nitrogens with zero attached hydrogens (tertiary/aromatic N) is 1. The summed E-state index contributed by atoms with van der Waals surface area (Å²) in [6.45, 7) is 4.30. The van der Waals surface area contributed by atoms with Crippen molar-refractivity contribution in [2.45, 2.75) is 20.3 Å². The highest BCUT2D eigenvalue weighted by Gasteiger charge is 2.04. The van der Waals surface area contributed by atoms with Crippen LogP contribution in [-0.4, -0.2) is 24.0 Å². The fourth-order valence-corrected chi connectivity index (χ4v) is 1.76. The first-order valence-corrected chi connectivity index (χ1v) is 6.50. The fourth-order valence-electron chi connectivity index (χ4n) is 1.76. The van der Waals surface area contributed by atoms with Crippen LogP contribution in [0.2, 0.25) is 0 Å². The van der Waals surface area contributed by atoms with Gasteiger partial charge in [-0.1, -0.05) is 12.1 Å². The Morgan fingerprint density at radius 2 is 2.25 bits per heavy atom. The Labute approximate surface area is 118 Å². The lowest BCUT2D eigenvalue weighted by atomic mass is 10.2. The number of carbonyl (C=O) groups is 1. The molecule has 2 rings (SSSR count). The number of ether oxygens (including phenoxy) is 1. The molecule has 2 aromatic rings. The van der Waals surface area contributed by atoms with Crippen molar-refractivity contribution < 1.29 is 13.9 Å². The van der Waals surface area contributed by atoms with E-state index in [2.05, 4.69) is 10.3 Å². The van der Waals surface area contributed by atoms with Crippen molar-refractivity contribution in [1.82, 2.24) is 10.3 Å². The van der Waals surface area contributed by atoms with Gasteiger partial charge in [0.25, 0.3) is 5.91 Å². The number of carbonyl (C=O) groups excluding carboxylic acids is 1. The molecule has 106 valence electrons. The third-order valence-electron chi connectivity index (χ3n) is 2.73. The van der Waals surface area contributed by atoms with Crippen molar-refractivity contribution in [2.24, 2.45) is 0 Å². The summed E-state index contributed by atoms with van der Waals surface area (Å²) >= 11 is 0. The van der Waals surface area contributed by atoms with Crippen LogP contribution in [0.3, 0.4) is 0 Å². The highest BCUT2D eigenvalue weighted by Crippen LogP contribution is 2.11. The molecule has 5 nitrogen and oxygen atoms in total. The molecule has 1 aromatic heterocycles. The standard InChI is InChI=1S/C15H18N2O3/c1-11-4-3-5-14(8-11)20-10-15(18)16-7-6-13-9-19-12(2)17-13/h3-5,8-9H,6-7,10H2,1-2H3,(H,16,18). The Morgan fingerprint density at radius 3 is 2.95 bits per heavy atom. The number of aromatic nitrogens is 1. The maximum Gasteiger partial charge on any atom is 0.257 e. The average Bonchev–Trinajstić information content (AvgIpc) is 2.82. The highest BCUT2D eigenvalue weighted by molar-refractivity contribution is 5.77. The fraction of sp³-hybridized carbons (Fsp3) is 0.333. The molecule has 0 fully saturated rings. The molecular weight excluding hydrogens is 256 g/mol. The minimum absolute atomic E-state index is 0.0152. The van der Waals surface area contributed by atoms with Gasteiger partial charge in [-0.15, -0.1) is 0 Å². The van der Waals surface area contributed by atoms with Crippen LogP contribution < -0.4 is 10.1 Å². The summed E-state index contributed by atoms with van der Waals surface area (Å²) in [7, 11) is 0. The van der Waals surface area contributed by atoms with Gasteiger partial charge in [-0.05, 0) is 24.6 Å². The van der Waals surface area contributed by atoms with Crippen LogP contribution in [-0.2, 0) is 11.2 Å². The van der Waals surface area contributed by atoms with E-state index in [1.165, 1.54) is 0 Å². The second kappa shape index (κ2) is 6.75. The van der Waals surface area contributed by atoms with Crippen molar-refractivity contribution >= 4 is 5.91 Å². The van der Waals surface area contributed by atoms with Crippen molar-refractivity contribution in [3.8, 4) is 5.75 Å². The minimum atomic E-state index is -0.147. The third-order valence-corrected chi connectivity index (χ3v) is 2.73. The Hall–Kier alpha value is -2.30. The zero-order chi connectivity index (χ0) is 14.4. The smallest absolute Gasteiger partial charge is 0.257 e. The topological polar surface area (TPSA) is 64.4 Å². The Balaban J connectivity index is 1.68. The molecule has 20 heavy (non-hydrogen) atoms. The summed E-state index contributed by atoms with van der Waals surface area (Å²) in [5.74, 6) is 1.19. The van der Waals surface area contributed by atoms with Gasteiger partial charge < -0.3 is 14.5 Å². The monoisotopic (exact) mass is 274 g/mol. The van der Waals surface area contributed by atoms with Crippen LogP contribution >= 0.6 is 0 Å². The van der Waals surface area contributed by atoms with Gasteiger partial charge in [-0.3, -0.25) is 4.79 Å². The molecule has 1 N–H and O–H groups in total. The quantitative estimate of drug-likeness (QED) is 0.875. The molecule has 0 atom stereocenters. The zero-order valence-electron chi connectivity index (χ0n) is 11.7. The average molecular weight is 274 g/mol. The van der Waals surface area contributed by atoms with Crippen LogP contribution in [0.15, 0.2) is 34.9 Å². The van der Waals surface area contributed by atoms with Gasteiger partial charge in [0.15, 0.2) is 12.5 Å². The molecule has 5 heteroatoms. The van der Waals surface area contributed by atoms with Crippen molar-refractivity contribution in [3.63, 3.8) is 0 Å². The van der Waals surface area contributed by atoms with Gasteiger partial charge in [0.1, 0.15) is 12.0 Å². The van der Waals surface area contributed by atoms with Crippen LogP contribution in [0, 0.1) is 13.8 Å². The minimum Gasteiger partial charge on any atom is -0.484 e. The lowest BCUT2D eigenvalue weighted by Gasteiger charge is -2.07. The number of hydrogen-bond acceptors (Lipinski definition) is 4. The Morgan fingerprint density at radius 1 is 1.40 bits per heavy atom. The van der Waals surface area contributed by atoms with Crippen molar-refractivity contribution in [1.29, 1.82) is 0 Å². The molecule has 0 saturated carbocycles. The normalized spacial score (nSPS) is 10.3. The number of benzene rings is 1. The molecule has 1 heterocycles. The molecule has 1 aromatic carbocycles. The number of oxazole rings is 1. The summed E-state index contributed by atoms with van der Waals surface area (Å²) in [4.78, 5) is 15.8. The van der Waals surface area contributed by atoms with Gasteiger partial charge in [0.2, 0.25) is 0 Å². The van der Waals surface area contributed by atoms with E-state index in [9.17, 15) is 4.79 Å². The molecule has 0 bridgehead atoms. The van der Waals surface area contributed by atoms with Crippen molar-refractivity contribution in [3.05, 3.63) is 47.7 Å². The van der Waals surface area contributed by atoms with E-state index in [0.29, 0.717) is 24.6 Å². The van der Waals surface area contributed by atoms with Crippen LogP contribution in [0.25, 0.3) is 0 Å².